The molecular formula is C25H25N3O4. The van der Waals surface area contributed by atoms with E-state index in [1.807, 2.05) is 65.6 Å². The van der Waals surface area contributed by atoms with Crippen molar-refractivity contribution in [1.29, 1.82) is 0 Å². The van der Waals surface area contributed by atoms with Crippen molar-refractivity contribution in [1.82, 2.24) is 9.88 Å². The van der Waals surface area contributed by atoms with Gasteiger partial charge in [0, 0.05) is 49.1 Å². The molecule has 2 aliphatic heterocycles. The van der Waals surface area contributed by atoms with Gasteiger partial charge < -0.3 is 19.3 Å². The number of benzene rings is 2. The number of aromatic nitrogens is 1. The molecule has 2 fully saturated rings. The van der Waals surface area contributed by atoms with Gasteiger partial charge in [0.25, 0.3) is 0 Å². The minimum atomic E-state index is -0.341. The van der Waals surface area contributed by atoms with Crippen molar-refractivity contribution < 1.29 is 19.1 Å². The molecule has 7 nitrogen and oxygen atoms in total. The Hall–Kier alpha value is -3.61. The first kappa shape index (κ1) is 20.3. The first-order valence-corrected chi connectivity index (χ1v) is 10.9. The van der Waals surface area contributed by atoms with Crippen LogP contribution in [0.4, 0.5) is 5.69 Å². The summed E-state index contributed by atoms with van der Waals surface area (Å²) >= 11 is 0. The lowest BCUT2D eigenvalue weighted by molar-refractivity contribution is -0.135. The van der Waals surface area contributed by atoms with Gasteiger partial charge in [0.15, 0.2) is 0 Å². The highest BCUT2D eigenvalue weighted by molar-refractivity contribution is 6.00. The number of carbonyl (C=O) groups is 2. The Morgan fingerprint density at radius 1 is 1.06 bits per heavy atom. The van der Waals surface area contributed by atoms with Crippen molar-refractivity contribution in [2.45, 2.75) is 18.9 Å². The molecule has 0 radical (unpaired) electrons. The van der Waals surface area contributed by atoms with Gasteiger partial charge in [-0.3, -0.25) is 9.59 Å². The van der Waals surface area contributed by atoms with Crippen LogP contribution in [0.3, 0.4) is 0 Å². The number of ether oxygens (including phenoxy) is 2. The van der Waals surface area contributed by atoms with Gasteiger partial charge in [-0.05, 0) is 24.3 Å². The molecule has 32 heavy (non-hydrogen) atoms. The number of nitrogens with zero attached hydrogens (tertiary/aromatic N) is 3. The van der Waals surface area contributed by atoms with E-state index in [1.165, 1.54) is 0 Å². The highest BCUT2D eigenvalue weighted by Crippen LogP contribution is 2.30. The average molecular weight is 431 g/mol. The number of pyridine rings is 1. The van der Waals surface area contributed by atoms with Crippen LogP contribution in [0.15, 0.2) is 60.7 Å². The van der Waals surface area contributed by atoms with Gasteiger partial charge in [-0.1, -0.05) is 24.3 Å². The SMILES string of the molecule is COc1cccc(N2CC(C(=O)N3CCC(Oc4ccc5ccccc5n4)C3)CC2=O)c1. The molecule has 1 aromatic heterocycles. The number of methoxy groups -OCH3 is 1. The normalized spacial score (nSPS) is 20.7. The molecule has 0 aliphatic carbocycles. The number of rotatable bonds is 5. The number of hydrogen-bond donors (Lipinski definition) is 0. The van der Waals surface area contributed by atoms with E-state index in [0.717, 1.165) is 23.0 Å². The Bertz CT molecular complexity index is 1160. The number of fused-ring (bicyclic) bond motifs is 1. The summed E-state index contributed by atoms with van der Waals surface area (Å²) in [6.07, 6.45) is 0.879. The van der Waals surface area contributed by atoms with Gasteiger partial charge >= 0.3 is 0 Å². The van der Waals surface area contributed by atoms with Crippen LogP contribution in [0.2, 0.25) is 0 Å². The van der Waals surface area contributed by atoms with E-state index in [1.54, 1.807) is 12.0 Å². The summed E-state index contributed by atoms with van der Waals surface area (Å²) in [6.45, 7) is 1.53. The summed E-state index contributed by atoms with van der Waals surface area (Å²) in [7, 11) is 1.59. The van der Waals surface area contributed by atoms with Crippen LogP contribution < -0.4 is 14.4 Å². The van der Waals surface area contributed by atoms with E-state index < -0.39 is 0 Å². The Morgan fingerprint density at radius 2 is 1.94 bits per heavy atom. The number of carbonyl (C=O) groups excluding carboxylic acids is 2. The molecule has 2 saturated heterocycles. The lowest BCUT2D eigenvalue weighted by Gasteiger charge is -2.21. The summed E-state index contributed by atoms with van der Waals surface area (Å²) < 4.78 is 11.3. The minimum absolute atomic E-state index is 0.0151. The van der Waals surface area contributed by atoms with E-state index in [2.05, 4.69) is 4.98 Å². The Labute approximate surface area is 186 Å². The molecule has 2 aromatic carbocycles. The van der Waals surface area contributed by atoms with E-state index in [0.29, 0.717) is 31.3 Å². The smallest absolute Gasteiger partial charge is 0.228 e. The van der Waals surface area contributed by atoms with Crippen LogP contribution in [0.5, 0.6) is 11.6 Å². The van der Waals surface area contributed by atoms with Crippen LogP contribution in [0.1, 0.15) is 12.8 Å². The summed E-state index contributed by atoms with van der Waals surface area (Å²) in [4.78, 5) is 33.8. The number of para-hydroxylation sites is 1. The molecule has 5 rings (SSSR count). The monoisotopic (exact) mass is 431 g/mol. The van der Waals surface area contributed by atoms with Crippen LogP contribution >= 0.6 is 0 Å². The molecule has 0 bridgehead atoms. The van der Waals surface area contributed by atoms with Crippen molar-refractivity contribution >= 4 is 28.4 Å². The fraction of sp³-hybridized carbons (Fsp3) is 0.320. The third-order valence-electron chi connectivity index (χ3n) is 6.16. The maximum absolute atomic E-state index is 13.1. The van der Waals surface area contributed by atoms with Crippen molar-refractivity contribution in [3.8, 4) is 11.6 Å². The molecule has 2 unspecified atom stereocenters. The van der Waals surface area contributed by atoms with Crippen molar-refractivity contribution in [3.63, 3.8) is 0 Å². The molecule has 0 N–H and O–H groups in total. The molecular weight excluding hydrogens is 406 g/mol. The first-order chi connectivity index (χ1) is 15.6. The van der Waals surface area contributed by atoms with Gasteiger partial charge in [-0.2, -0.15) is 0 Å². The molecule has 3 aromatic rings. The fourth-order valence-electron chi connectivity index (χ4n) is 4.47. The molecule has 164 valence electrons. The predicted octanol–water partition coefficient (Wildman–Crippen LogP) is 3.28. The van der Waals surface area contributed by atoms with Crippen molar-refractivity contribution in [2.24, 2.45) is 5.92 Å². The molecule has 7 heteroatoms. The van der Waals surface area contributed by atoms with Gasteiger partial charge in [-0.25, -0.2) is 4.98 Å². The Morgan fingerprint density at radius 3 is 2.81 bits per heavy atom. The fourth-order valence-corrected chi connectivity index (χ4v) is 4.47. The first-order valence-electron chi connectivity index (χ1n) is 10.9. The van der Waals surface area contributed by atoms with Gasteiger partial charge in [0.1, 0.15) is 11.9 Å². The van der Waals surface area contributed by atoms with E-state index in [4.69, 9.17) is 9.47 Å². The standard InChI is InChI=1S/C25H25N3O4/c1-31-20-7-4-6-19(14-20)28-15-18(13-24(28)29)25(30)27-12-11-21(16-27)32-23-10-9-17-5-2-3-8-22(17)26-23/h2-10,14,18,21H,11-13,15-16H2,1H3. The zero-order valence-electron chi connectivity index (χ0n) is 17.9. The number of hydrogen-bond acceptors (Lipinski definition) is 5. The number of likely N-dealkylation sites (tertiary alicyclic amines) is 1. The van der Waals surface area contributed by atoms with Gasteiger partial charge in [-0.15, -0.1) is 0 Å². The molecule has 0 spiro atoms. The van der Waals surface area contributed by atoms with E-state index >= 15 is 0 Å². The maximum atomic E-state index is 13.1. The second-order valence-electron chi connectivity index (χ2n) is 8.26. The summed E-state index contributed by atoms with van der Waals surface area (Å²) in [6, 6.07) is 19.1. The molecule has 3 heterocycles. The minimum Gasteiger partial charge on any atom is -0.497 e. The predicted molar refractivity (Wildman–Crippen MR) is 121 cm³/mol. The van der Waals surface area contributed by atoms with Crippen LogP contribution in [-0.4, -0.2) is 54.5 Å². The van der Waals surface area contributed by atoms with Crippen LogP contribution in [0.25, 0.3) is 10.9 Å². The number of anilines is 1. The summed E-state index contributed by atoms with van der Waals surface area (Å²) in [5.41, 5.74) is 1.65. The third-order valence-corrected chi connectivity index (χ3v) is 6.16. The quantitative estimate of drug-likeness (QED) is 0.620. The highest BCUT2D eigenvalue weighted by atomic mass is 16.5. The zero-order chi connectivity index (χ0) is 22.1. The maximum Gasteiger partial charge on any atom is 0.228 e. The molecule has 0 saturated carbocycles. The lowest BCUT2D eigenvalue weighted by Crippen LogP contribution is -2.37. The average Bonchev–Trinajstić information content (AvgIpc) is 3.45. The van der Waals surface area contributed by atoms with E-state index in [-0.39, 0.29) is 30.3 Å². The molecule has 2 amide bonds. The third kappa shape index (κ3) is 3.98. The summed E-state index contributed by atoms with van der Waals surface area (Å²) in [5.74, 6) is 0.895. The largest absolute Gasteiger partial charge is 0.497 e. The zero-order valence-corrected chi connectivity index (χ0v) is 17.9. The number of amides is 2. The second kappa shape index (κ2) is 8.49. The van der Waals surface area contributed by atoms with Gasteiger partial charge in [0.2, 0.25) is 17.7 Å². The summed E-state index contributed by atoms with van der Waals surface area (Å²) in [5, 5.41) is 1.06. The molecule has 2 atom stereocenters. The van der Waals surface area contributed by atoms with Crippen molar-refractivity contribution in [2.75, 3.05) is 31.6 Å². The topological polar surface area (TPSA) is 72.0 Å². The van der Waals surface area contributed by atoms with E-state index in [9.17, 15) is 9.59 Å². The Balaban J connectivity index is 1.21. The second-order valence-corrected chi connectivity index (χ2v) is 8.26. The van der Waals surface area contributed by atoms with Gasteiger partial charge in [0.05, 0.1) is 25.1 Å². The molecule has 2 aliphatic rings. The van der Waals surface area contributed by atoms with Crippen LogP contribution in [0, 0.1) is 5.92 Å². The lowest BCUT2D eigenvalue weighted by atomic mass is 10.1. The van der Waals surface area contributed by atoms with Crippen molar-refractivity contribution in [3.05, 3.63) is 60.7 Å². The van der Waals surface area contributed by atoms with Crippen LogP contribution in [-0.2, 0) is 9.59 Å². The highest BCUT2D eigenvalue weighted by Gasteiger charge is 2.39. The Kier molecular flexibility index (Phi) is 5.39.